The van der Waals surface area contributed by atoms with E-state index >= 15 is 0 Å². The standard InChI is InChI=1S/C22H22F4N6O3/c1-5-13-15(17-28-19(33)16(29-30-17)21(2,3)20(34)35-4)31-32(18(13)27-11-22(24,25)26)10-12-8-6-7-9-14(12)23/h5-9,27H,1,10-11H2,2-4H3,(H,28,30,33). The highest BCUT2D eigenvalue weighted by Crippen LogP contribution is 2.30. The van der Waals surface area contributed by atoms with Gasteiger partial charge in [-0.15, -0.1) is 10.2 Å². The van der Waals surface area contributed by atoms with Crippen LogP contribution in [-0.2, 0) is 21.5 Å². The van der Waals surface area contributed by atoms with Crippen LogP contribution in [0.15, 0.2) is 35.6 Å². The van der Waals surface area contributed by atoms with Gasteiger partial charge in [-0.3, -0.25) is 9.59 Å². The summed E-state index contributed by atoms with van der Waals surface area (Å²) in [5, 5.41) is 14.3. The lowest BCUT2D eigenvalue weighted by atomic mass is 9.90. The molecule has 0 radical (unpaired) electrons. The zero-order valence-electron chi connectivity index (χ0n) is 19.0. The predicted octanol–water partition coefficient (Wildman–Crippen LogP) is 3.28. The minimum absolute atomic E-state index is 0.0481. The van der Waals surface area contributed by atoms with Gasteiger partial charge in [0.05, 0.1) is 13.7 Å². The Morgan fingerprint density at radius 1 is 1.26 bits per heavy atom. The van der Waals surface area contributed by atoms with E-state index in [4.69, 9.17) is 4.74 Å². The van der Waals surface area contributed by atoms with E-state index < -0.39 is 35.5 Å². The Labute approximate surface area is 196 Å². The first-order valence-corrected chi connectivity index (χ1v) is 10.2. The lowest BCUT2D eigenvalue weighted by Gasteiger charge is -2.18. The third-order valence-corrected chi connectivity index (χ3v) is 5.14. The summed E-state index contributed by atoms with van der Waals surface area (Å²) >= 11 is 0. The number of esters is 1. The molecule has 2 heterocycles. The van der Waals surface area contributed by atoms with Gasteiger partial charge in [0.1, 0.15) is 35.0 Å². The number of benzene rings is 1. The van der Waals surface area contributed by atoms with E-state index in [0.717, 1.165) is 11.8 Å². The number of nitrogens with zero attached hydrogens (tertiary/aromatic N) is 4. The van der Waals surface area contributed by atoms with Crippen LogP contribution in [0.3, 0.4) is 0 Å². The van der Waals surface area contributed by atoms with E-state index in [-0.39, 0.29) is 40.7 Å². The molecule has 2 N–H and O–H groups in total. The minimum atomic E-state index is -4.55. The maximum absolute atomic E-state index is 14.2. The van der Waals surface area contributed by atoms with Crippen molar-refractivity contribution in [3.05, 3.63) is 63.8 Å². The summed E-state index contributed by atoms with van der Waals surface area (Å²) in [6.07, 6.45) is -3.33. The van der Waals surface area contributed by atoms with Crippen LogP contribution in [0.4, 0.5) is 23.4 Å². The Kier molecular flexibility index (Phi) is 7.08. The van der Waals surface area contributed by atoms with Crippen molar-refractivity contribution < 1.29 is 27.1 Å². The number of methoxy groups -OCH3 is 1. The summed E-state index contributed by atoms with van der Waals surface area (Å²) in [5.41, 5.74) is -2.22. The number of aromatic nitrogens is 5. The fraction of sp³-hybridized carbons (Fsp3) is 0.318. The third-order valence-electron chi connectivity index (χ3n) is 5.14. The largest absolute Gasteiger partial charge is 0.468 e. The van der Waals surface area contributed by atoms with Crippen LogP contribution in [0.1, 0.15) is 30.7 Å². The molecule has 0 bridgehead atoms. The number of carbonyl (C=O) groups excluding carboxylic acids is 1. The van der Waals surface area contributed by atoms with Crippen LogP contribution in [0.2, 0.25) is 0 Å². The molecule has 186 valence electrons. The molecule has 3 rings (SSSR count). The molecule has 0 saturated heterocycles. The van der Waals surface area contributed by atoms with E-state index in [0.29, 0.717) is 0 Å². The number of anilines is 1. The molecular formula is C22H22F4N6O3. The van der Waals surface area contributed by atoms with Gasteiger partial charge in [0.2, 0.25) is 0 Å². The molecule has 0 aliphatic carbocycles. The van der Waals surface area contributed by atoms with Gasteiger partial charge >= 0.3 is 12.1 Å². The zero-order valence-corrected chi connectivity index (χ0v) is 19.0. The Balaban J connectivity index is 2.13. The predicted molar refractivity (Wildman–Crippen MR) is 119 cm³/mol. The second-order valence-electron chi connectivity index (χ2n) is 8.00. The van der Waals surface area contributed by atoms with Crippen molar-refractivity contribution in [2.24, 2.45) is 0 Å². The lowest BCUT2D eigenvalue weighted by molar-refractivity contribution is -0.146. The minimum Gasteiger partial charge on any atom is -0.468 e. The fourth-order valence-electron chi connectivity index (χ4n) is 3.32. The maximum atomic E-state index is 14.2. The maximum Gasteiger partial charge on any atom is 0.405 e. The zero-order chi connectivity index (χ0) is 26.0. The van der Waals surface area contributed by atoms with E-state index in [1.807, 2.05) is 0 Å². The highest BCUT2D eigenvalue weighted by atomic mass is 19.4. The molecule has 0 unspecified atom stereocenters. The summed E-state index contributed by atoms with van der Waals surface area (Å²) in [6.45, 7) is 4.85. The van der Waals surface area contributed by atoms with Gasteiger partial charge < -0.3 is 15.0 Å². The number of carbonyl (C=O) groups is 1. The van der Waals surface area contributed by atoms with E-state index in [1.54, 1.807) is 6.07 Å². The van der Waals surface area contributed by atoms with E-state index in [2.05, 4.69) is 32.2 Å². The molecule has 2 aromatic heterocycles. The number of ether oxygens (including phenoxy) is 1. The van der Waals surface area contributed by atoms with Gasteiger partial charge in [-0.05, 0) is 19.9 Å². The number of hydrogen-bond acceptors (Lipinski definition) is 7. The van der Waals surface area contributed by atoms with Crippen molar-refractivity contribution in [3.63, 3.8) is 0 Å². The highest BCUT2D eigenvalue weighted by Gasteiger charge is 2.36. The molecule has 0 atom stereocenters. The monoisotopic (exact) mass is 494 g/mol. The number of alkyl halides is 3. The van der Waals surface area contributed by atoms with Crippen LogP contribution < -0.4 is 10.9 Å². The first-order valence-electron chi connectivity index (χ1n) is 10.2. The number of hydrogen-bond donors (Lipinski definition) is 2. The van der Waals surface area contributed by atoms with Crippen molar-refractivity contribution in [1.29, 1.82) is 0 Å². The fourth-order valence-corrected chi connectivity index (χ4v) is 3.32. The van der Waals surface area contributed by atoms with Gasteiger partial charge in [-0.25, -0.2) is 9.07 Å². The second kappa shape index (κ2) is 9.68. The number of halogens is 4. The molecular weight excluding hydrogens is 472 g/mol. The second-order valence-corrected chi connectivity index (χ2v) is 8.00. The summed E-state index contributed by atoms with van der Waals surface area (Å²) in [5.74, 6) is -1.59. The molecule has 0 fully saturated rings. The van der Waals surface area contributed by atoms with Gasteiger partial charge in [0.25, 0.3) is 5.56 Å². The number of H-pyrrole nitrogens is 1. The molecule has 35 heavy (non-hydrogen) atoms. The first kappa shape index (κ1) is 25.6. The van der Waals surface area contributed by atoms with Gasteiger partial charge in [0, 0.05) is 11.1 Å². The van der Waals surface area contributed by atoms with Crippen LogP contribution in [0, 0.1) is 5.82 Å². The summed E-state index contributed by atoms with van der Waals surface area (Å²) in [7, 11) is 1.16. The van der Waals surface area contributed by atoms with Gasteiger partial charge in [0.15, 0.2) is 5.82 Å². The first-order chi connectivity index (χ1) is 16.4. The SMILES string of the molecule is C=Cc1c(-c2nnc(C(C)(C)C(=O)OC)c(=O)[nH]2)nn(Cc2ccccc2F)c1NCC(F)(F)F. The molecule has 0 spiro atoms. The van der Waals surface area contributed by atoms with Crippen molar-refractivity contribution in [2.45, 2.75) is 32.0 Å². The highest BCUT2D eigenvalue weighted by molar-refractivity contribution is 5.81. The lowest BCUT2D eigenvalue weighted by Crippen LogP contribution is -2.38. The van der Waals surface area contributed by atoms with Crippen molar-refractivity contribution in [1.82, 2.24) is 25.0 Å². The Morgan fingerprint density at radius 3 is 2.51 bits per heavy atom. The molecule has 1 aromatic carbocycles. The normalized spacial score (nSPS) is 11.9. The summed E-state index contributed by atoms with van der Waals surface area (Å²) in [4.78, 5) is 27.2. The number of rotatable bonds is 8. The van der Waals surface area contributed by atoms with E-state index in [1.165, 1.54) is 38.1 Å². The molecule has 13 heteroatoms. The van der Waals surface area contributed by atoms with Crippen molar-refractivity contribution in [3.8, 4) is 11.5 Å². The molecule has 0 amide bonds. The summed E-state index contributed by atoms with van der Waals surface area (Å²) < 4.78 is 58.9. The summed E-state index contributed by atoms with van der Waals surface area (Å²) in [6, 6.07) is 5.72. The van der Waals surface area contributed by atoms with Crippen LogP contribution in [0.25, 0.3) is 17.6 Å². The van der Waals surface area contributed by atoms with Crippen LogP contribution >= 0.6 is 0 Å². The molecule has 9 nitrogen and oxygen atoms in total. The molecule has 0 aliphatic heterocycles. The Hall–Kier alpha value is -4.03. The topological polar surface area (TPSA) is 115 Å². The quantitative estimate of drug-likeness (QED) is 0.365. The Bertz CT molecular complexity index is 1310. The van der Waals surface area contributed by atoms with Crippen LogP contribution in [-0.4, -0.2) is 50.8 Å². The number of aromatic amines is 1. The van der Waals surface area contributed by atoms with Gasteiger partial charge in [-0.2, -0.15) is 18.3 Å². The van der Waals surface area contributed by atoms with Gasteiger partial charge in [-0.1, -0.05) is 30.9 Å². The molecule has 3 aromatic rings. The number of nitrogens with one attached hydrogen (secondary N) is 2. The Morgan fingerprint density at radius 2 is 1.94 bits per heavy atom. The molecule has 0 aliphatic rings. The molecule has 0 saturated carbocycles. The third kappa shape index (κ3) is 5.39. The van der Waals surface area contributed by atoms with Crippen molar-refractivity contribution >= 4 is 17.9 Å². The average Bonchev–Trinajstić information content (AvgIpc) is 3.15. The smallest absolute Gasteiger partial charge is 0.405 e. The van der Waals surface area contributed by atoms with E-state index in [9.17, 15) is 27.2 Å². The average molecular weight is 494 g/mol. The van der Waals surface area contributed by atoms with Crippen molar-refractivity contribution in [2.75, 3.05) is 19.0 Å². The van der Waals surface area contributed by atoms with Crippen LogP contribution in [0.5, 0.6) is 0 Å².